The van der Waals surface area contributed by atoms with E-state index in [0.717, 1.165) is 16.8 Å². The van der Waals surface area contributed by atoms with E-state index in [-0.39, 0.29) is 0 Å². The number of nitrogens with zero attached hydrogens (tertiary/aromatic N) is 1. The van der Waals surface area contributed by atoms with Crippen molar-refractivity contribution >= 4 is 16.6 Å². The van der Waals surface area contributed by atoms with Gasteiger partial charge in [0.2, 0.25) is 0 Å². The van der Waals surface area contributed by atoms with Gasteiger partial charge in [0.1, 0.15) is 5.65 Å². The van der Waals surface area contributed by atoms with E-state index in [1.54, 1.807) is 0 Å². The second kappa shape index (κ2) is 2.98. The van der Waals surface area contributed by atoms with Gasteiger partial charge in [0.15, 0.2) is 0 Å². The Bertz CT molecular complexity index is 506. The van der Waals surface area contributed by atoms with E-state index >= 15 is 0 Å². The molecule has 2 aromatic rings. The Hall–Kier alpha value is -1.57. The van der Waals surface area contributed by atoms with Gasteiger partial charge in [-0.05, 0) is 43.5 Å². The van der Waals surface area contributed by atoms with Gasteiger partial charge in [0.05, 0.1) is 0 Å². The highest BCUT2D eigenvalue weighted by Crippen LogP contribution is 2.22. The van der Waals surface area contributed by atoms with Crippen molar-refractivity contribution in [2.75, 3.05) is 0 Å². The smallest absolute Gasteiger partial charge is 0.137 e. The number of allylic oxidation sites excluding steroid dienone is 1. The van der Waals surface area contributed by atoms with Crippen molar-refractivity contribution in [2.24, 2.45) is 0 Å². The highest BCUT2D eigenvalue weighted by Gasteiger charge is 2.05. The van der Waals surface area contributed by atoms with E-state index in [2.05, 4.69) is 36.5 Å². The molecule has 0 amide bonds. The molecule has 2 heteroatoms. The topological polar surface area (TPSA) is 28.7 Å². The first kappa shape index (κ1) is 9.00. The second-order valence-corrected chi connectivity index (χ2v) is 3.78. The molecule has 0 bridgehead atoms. The van der Waals surface area contributed by atoms with E-state index in [1.807, 2.05) is 13.1 Å². The van der Waals surface area contributed by atoms with E-state index < -0.39 is 0 Å². The molecule has 2 rings (SSSR count). The molecule has 0 radical (unpaired) electrons. The molecule has 0 saturated carbocycles. The number of aryl methyl sites for hydroxylation is 2. The average molecular weight is 186 g/mol. The van der Waals surface area contributed by atoms with Gasteiger partial charge < -0.3 is 4.98 Å². The molecule has 0 aromatic carbocycles. The summed E-state index contributed by atoms with van der Waals surface area (Å²) >= 11 is 0. The van der Waals surface area contributed by atoms with Crippen LogP contribution in [0.15, 0.2) is 18.8 Å². The Morgan fingerprint density at radius 2 is 2.14 bits per heavy atom. The number of H-pyrrole nitrogens is 1. The third-order valence-corrected chi connectivity index (χ3v) is 2.65. The van der Waals surface area contributed by atoms with E-state index in [0.29, 0.717) is 0 Å². The third-order valence-electron chi connectivity index (χ3n) is 2.65. The summed E-state index contributed by atoms with van der Waals surface area (Å²) in [6.45, 7) is 10.1. The minimum Gasteiger partial charge on any atom is -0.343 e. The molecule has 0 spiro atoms. The minimum atomic E-state index is 0.963. The number of nitrogens with one attached hydrogen (secondary N) is 1. The summed E-state index contributed by atoms with van der Waals surface area (Å²) in [5, 5.41) is 1.20. The molecular formula is C12H14N2. The Kier molecular flexibility index (Phi) is 1.92. The Morgan fingerprint density at radius 1 is 1.43 bits per heavy atom. The molecule has 0 atom stereocenters. The lowest BCUT2D eigenvalue weighted by molar-refractivity contribution is 1.22. The molecule has 2 heterocycles. The zero-order valence-electron chi connectivity index (χ0n) is 8.81. The predicted octanol–water partition coefficient (Wildman–Crippen LogP) is 3.21. The monoisotopic (exact) mass is 186 g/mol. The van der Waals surface area contributed by atoms with Crippen molar-refractivity contribution in [1.29, 1.82) is 0 Å². The van der Waals surface area contributed by atoms with Gasteiger partial charge in [-0.25, -0.2) is 4.98 Å². The fraction of sp³-hybridized carbons (Fsp3) is 0.250. The number of rotatable bonds is 1. The van der Waals surface area contributed by atoms with Crippen LogP contribution in [0.1, 0.15) is 23.7 Å². The first-order valence-electron chi connectivity index (χ1n) is 4.70. The molecule has 0 unspecified atom stereocenters. The van der Waals surface area contributed by atoms with Crippen LogP contribution in [0.25, 0.3) is 16.6 Å². The van der Waals surface area contributed by atoms with Gasteiger partial charge >= 0.3 is 0 Å². The van der Waals surface area contributed by atoms with Crippen LogP contribution in [0.4, 0.5) is 0 Å². The maximum atomic E-state index is 4.37. The van der Waals surface area contributed by atoms with Crippen molar-refractivity contribution in [3.63, 3.8) is 0 Å². The van der Waals surface area contributed by atoms with Gasteiger partial charge in [0, 0.05) is 17.3 Å². The summed E-state index contributed by atoms with van der Waals surface area (Å²) in [5.41, 5.74) is 5.59. The highest BCUT2D eigenvalue weighted by molar-refractivity contribution is 5.84. The summed E-state index contributed by atoms with van der Waals surface area (Å²) in [7, 11) is 0. The summed E-state index contributed by atoms with van der Waals surface area (Å²) in [6, 6.07) is 2.14. The van der Waals surface area contributed by atoms with Gasteiger partial charge in [0.25, 0.3) is 0 Å². The van der Waals surface area contributed by atoms with Crippen molar-refractivity contribution in [2.45, 2.75) is 20.8 Å². The largest absolute Gasteiger partial charge is 0.343 e. The lowest BCUT2D eigenvalue weighted by Gasteiger charge is -1.98. The standard InChI is InChI=1S/C12H14N2/c1-7(2)10-5-11-8(3)9(4)14-12(11)13-6-10/h5-6H,1H2,2-4H3,(H,13,14). The Labute approximate surface area is 83.7 Å². The SMILES string of the molecule is C=C(C)c1cnc2[nH]c(C)c(C)c2c1. The van der Waals surface area contributed by atoms with Crippen molar-refractivity contribution < 1.29 is 0 Å². The van der Waals surface area contributed by atoms with E-state index in [1.165, 1.54) is 16.6 Å². The van der Waals surface area contributed by atoms with Gasteiger partial charge in [-0.15, -0.1) is 0 Å². The lowest BCUT2D eigenvalue weighted by atomic mass is 10.1. The summed E-state index contributed by atoms with van der Waals surface area (Å²) in [6.07, 6.45) is 1.86. The van der Waals surface area contributed by atoms with Crippen molar-refractivity contribution in [3.05, 3.63) is 35.7 Å². The Balaban J connectivity index is 2.76. The summed E-state index contributed by atoms with van der Waals surface area (Å²) < 4.78 is 0. The molecule has 0 saturated heterocycles. The maximum absolute atomic E-state index is 4.37. The molecular weight excluding hydrogens is 172 g/mol. The highest BCUT2D eigenvalue weighted by atomic mass is 14.9. The molecule has 72 valence electrons. The third kappa shape index (κ3) is 1.23. The van der Waals surface area contributed by atoms with Crippen LogP contribution in [0, 0.1) is 13.8 Å². The van der Waals surface area contributed by atoms with Crippen LogP contribution in [0.3, 0.4) is 0 Å². The normalized spacial score (nSPS) is 10.8. The quantitative estimate of drug-likeness (QED) is 0.727. The number of hydrogen-bond acceptors (Lipinski definition) is 1. The lowest BCUT2D eigenvalue weighted by Crippen LogP contribution is -1.82. The zero-order chi connectivity index (χ0) is 10.3. The average Bonchev–Trinajstić information content (AvgIpc) is 2.43. The first-order chi connectivity index (χ1) is 6.59. The van der Waals surface area contributed by atoms with Crippen LogP contribution in [0.2, 0.25) is 0 Å². The molecule has 1 N–H and O–H groups in total. The Morgan fingerprint density at radius 3 is 2.79 bits per heavy atom. The van der Waals surface area contributed by atoms with Gasteiger partial charge in [-0.2, -0.15) is 0 Å². The van der Waals surface area contributed by atoms with Crippen molar-refractivity contribution in [3.8, 4) is 0 Å². The molecule has 0 aliphatic carbocycles. The minimum absolute atomic E-state index is 0.963. The zero-order valence-corrected chi connectivity index (χ0v) is 8.81. The second-order valence-electron chi connectivity index (χ2n) is 3.78. The van der Waals surface area contributed by atoms with Gasteiger partial charge in [-0.3, -0.25) is 0 Å². The van der Waals surface area contributed by atoms with Crippen LogP contribution in [-0.2, 0) is 0 Å². The van der Waals surface area contributed by atoms with Crippen LogP contribution >= 0.6 is 0 Å². The number of aromatic nitrogens is 2. The fourth-order valence-corrected chi connectivity index (χ4v) is 1.56. The van der Waals surface area contributed by atoms with Gasteiger partial charge in [-0.1, -0.05) is 6.58 Å². The molecule has 2 aromatic heterocycles. The van der Waals surface area contributed by atoms with E-state index in [9.17, 15) is 0 Å². The molecule has 2 nitrogen and oxygen atoms in total. The fourth-order valence-electron chi connectivity index (χ4n) is 1.56. The summed E-state index contributed by atoms with van der Waals surface area (Å²) in [4.78, 5) is 7.62. The van der Waals surface area contributed by atoms with Crippen molar-refractivity contribution in [1.82, 2.24) is 9.97 Å². The van der Waals surface area contributed by atoms with Crippen LogP contribution in [0.5, 0.6) is 0 Å². The number of hydrogen-bond donors (Lipinski definition) is 1. The van der Waals surface area contributed by atoms with Crippen LogP contribution in [-0.4, -0.2) is 9.97 Å². The summed E-state index contributed by atoms with van der Waals surface area (Å²) in [5.74, 6) is 0. The number of fused-ring (bicyclic) bond motifs is 1. The maximum Gasteiger partial charge on any atom is 0.137 e. The van der Waals surface area contributed by atoms with Crippen LogP contribution < -0.4 is 0 Å². The number of aromatic amines is 1. The molecule has 14 heavy (non-hydrogen) atoms. The number of pyridine rings is 1. The molecule has 0 aliphatic rings. The molecule has 0 aliphatic heterocycles. The van der Waals surface area contributed by atoms with E-state index in [4.69, 9.17) is 0 Å². The first-order valence-corrected chi connectivity index (χ1v) is 4.70. The molecule has 0 fully saturated rings. The predicted molar refractivity (Wildman–Crippen MR) is 60.3 cm³/mol.